The Bertz CT molecular complexity index is 328. The zero-order chi connectivity index (χ0) is 12.9. The summed E-state index contributed by atoms with van der Waals surface area (Å²) in [5.41, 5.74) is 0. The van der Waals surface area contributed by atoms with Gasteiger partial charge in [-0.1, -0.05) is 54.7 Å². The molecule has 0 heterocycles. The molecule has 1 aromatic carbocycles. The minimum absolute atomic E-state index is 0.943. The van der Waals surface area contributed by atoms with Crippen LogP contribution in [-0.4, -0.2) is 23.0 Å². The van der Waals surface area contributed by atoms with Crippen LogP contribution in [0.15, 0.2) is 30.3 Å². The summed E-state index contributed by atoms with van der Waals surface area (Å²) >= 11 is 0. The summed E-state index contributed by atoms with van der Waals surface area (Å²) < 4.78 is 5.92. The van der Waals surface area contributed by atoms with Crippen molar-refractivity contribution < 1.29 is 4.43 Å². The first-order chi connectivity index (χ1) is 7.81. The predicted octanol–water partition coefficient (Wildman–Crippen LogP) is 3.84. The molecule has 0 bridgehead atoms. The molecular weight excluding hydrogens is 240 g/mol. The highest BCUT2D eigenvalue weighted by Gasteiger charge is 2.22. The first-order valence-corrected chi connectivity index (χ1v) is 13.1. The van der Waals surface area contributed by atoms with Gasteiger partial charge in [0.1, 0.15) is 0 Å². The van der Waals surface area contributed by atoms with Gasteiger partial charge in [0.2, 0.25) is 0 Å². The van der Waals surface area contributed by atoms with E-state index in [0.29, 0.717) is 0 Å². The van der Waals surface area contributed by atoms with Crippen LogP contribution in [0.4, 0.5) is 0 Å². The fourth-order valence-electron chi connectivity index (χ4n) is 1.93. The van der Waals surface area contributed by atoms with Crippen LogP contribution in [-0.2, 0) is 4.43 Å². The Labute approximate surface area is 108 Å². The van der Waals surface area contributed by atoms with Crippen molar-refractivity contribution in [1.82, 2.24) is 0 Å². The predicted molar refractivity (Wildman–Crippen MR) is 82.3 cm³/mol. The third-order valence-corrected chi connectivity index (χ3v) is 7.61. The first kappa shape index (κ1) is 14.7. The van der Waals surface area contributed by atoms with Crippen LogP contribution in [0.25, 0.3) is 0 Å². The van der Waals surface area contributed by atoms with Gasteiger partial charge in [-0.3, -0.25) is 0 Å². The number of benzene rings is 1. The van der Waals surface area contributed by atoms with Gasteiger partial charge in [0.05, 0.1) is 8.07 Å². The molecule has 0 unspecified atom stereocenters. The molecule has 0 aliphatic carbocycles. The van der Waals surface area contributed by atoms with Crippen molar-refractivity contribution in [3.63, 3.8) is 0 Å². The summed E-state index contributed by atoms with van der Waals surface area (Å²) in [6.07, 6.45) is 1.21. The molecule has 3 heteroatoms. The van der Waals surface area contributed by atoms with Crippen LogP contribution in [0, 0.1) is 0 Å². The second kappa shape index (κ2) is 5.98. The Hall–Kier alpha value is -0.386. The van der Waals surface area contributed by atoms with Crippen molar-refractivity contribution in [1.29, 1.82) is 0 Å². The minimum Gasteiger partial charge on any atom is -0.418 e. The highest BCUT2D eigenvalue weighted by atomic mass is 28.4. The van der Waals surface area contributed by atoms with E-state index in [9.17, 15) is 0 Å². The molecule has 1 aromatic rings. The van der Waals surface area contributed by atoms with E-state index in [2.05, 4.69) is 63.1 Å². The normalized spacial score (nSPS) is 12.8. The maximum absolute atomic E-state index is 5.92. The lowest BCUT2D eigenvalue weighted by Gasteiger charge is -2.24. The van der Waals surface area contributed by atoms with Gasteiger partial charge in [0.15, 0.2) is 8.32 Å². The maximum atomic E-state index is 5.92. The fraction of sp³-hybridized carbons (Fsp3) is 0.571. The summed E-state index contributed by atoms with van der Waals surface area (Å²) in [5.74, 6) is 0. The van der Waals surface area contributed by atoms with Crippen LogP contribution in [0.5, 0.6) is 0 Å². The van der Waals surface area contributed by atoms with Crippen molar-refractivity contribution >= 4 is 21.6 Å². The standard InChI is InChI=1S/C14H26OSi2/c1-16(2,3)15-12-9-13-17(4,5)14-10-7-6-8-11-14/h6-8,10-11H,9,12-13H2,1-5H3. The van der Waals surface area contributed by atoms with E-state index >= 15 is 0 Å². The zero-order valence-corrected chi connectivity index (χ0v) is 13.9. The highest BCUT2D eigenvalue weighted by molar-refractivity contribution is 6.89. The van der Waals surface area contributed by atoms with Gasteiger partial charge in [0, 0.05) is 6.61 Å². The van der Waals surface area contributed by atoms with E-state index < -0.39 is 16.4 Å². The second-order valence-corrected chi connectivity index (χ2v) is 15.7. The molecule has 0 aromatic heterocycles. The van der Waals surface area contributed by atoms with Crippen LogP contribution in [0.1, 0.15) is 6.42 Å². The van der Waals surface area contributed by atoms with Crippen LogP contribution in [0.3, 0.4) is 0 Å². The molecule has 0 saturated carbocycles. The molecule has 1 rings (SSSR count). The average Bonchev–Trinajstić information content (AvgIpc) is 2.25. The van der Waals surface area contributed by atoms with Crippen LogP contribution >= 0.6 is 0 Å². The van der Waals surface area contributed by atoms with Crippen LogP contribution in [0.2, 0.25) is 38.8 Å². The number of hydrogen-bond acceptors (Lipinski definition) is 1. The third-order valence-electron chi connectivity index (χ3n) is 3.04. The topological polar surface area (TPSA) is 9.23 Å². The van der Waals surface area contributed by atoms with Gasteiger partial charge in [-0.2, -0.15) is 0 Å². The van der Waals surface area contributed by atoms with E-state index in [1.54, 1.807) is 5.19 Å². The lowest BCUT2D eigenvalue weighted by atomic mass is 10.4. The number of hydrogen-bond donors (Lipinski definition) is 0. The fourth-order valence-corrected chi connectivity index (χ4v) is 5.09. The molecule has 0 saturated heterocycles. The van der Waals surface area contributed by atoms with E-state index in [4.69, 9.17) is 4.43 Å². The van der Waals surface area contributed by atoms with Crippen molar-refractivity contribution in [2.75, 3.05) is 6.61 Å². The summed E-state index contributed by atoms with van der Waals surface area (Å²) in [4.78, 5) is 0. The average molecular weight is 267 g/mol. The molecule has 0 spiro atoms. The molecule has 0 aliphatic heterocycles. The SMILES string of the molecule is C[Si](C)(C)OCCC[Si](C)(C)c1ccccc1. The largest absolute Gasteiger partial charge is 0.418 e. The van der Waals surface area contributed by atoms with Gasteiger partial charge < -0.3 is 4.43 Å². The Morgan fingerprint density at radius 2 is 1.53 bits per heavy atom. The van der Waals surface area contributed by atoms with Gasteiger partial charge in [-0.05, 0) is 26.1 Å². The van der Waals surface area contributed by atoms with E-state index in [1.807, 2.05) is 0 Å². The molecular formula is C14H26OSi2. The minimum atomic E-state index is -1.32. The molecule has 0 fully saturated rings. The molecule has 1 nitrogen and oxygen atoms in total. The van der Waals surface area contributed by atoms with Gasteiger partial charge in [0.25, 0.3) is 0 Å². The van der Waals surface area contributed by atoms with E-state index in [1.165, 1.54) is 12.5 Å². The van der Waals surface area contributed by atoms with Gasteiger partial charge in [-0.25, -0.2) is 0 Å². The Balaban J connectivity index is 2.41. The highest BCUT2D eigenvalue weighted by Crippen LogP contribution is 2.13. The van der Waals surface area contributed by atoms with E-state index in [0.717, 1.165) is 6.61 Å². The quantitative estimate of drug-likeness (QED) is 0.561. The smallest absolute Gasteiger partial charge is 0.183 e. The molecule has 0 amide bonds. The van der Waals surface area contributed by atoms with Crippen molar-refractivity contribution in [3.05, 3.63) is 30.3 Å². The molecule has 0 aliphatic rings. The van der Waals surface area contributed by atoms with Crippen molar-refractivity contribution in [3.8, 4) is 0 Å². The molecule has 0 radical (unpaired) electrons. The van der Waals surface area contributed by atoms with Crippen molar-refractivity contribution in [2.45, 2.75) is 45.2 Å². The Morgan fingerprint density at radius 1 is 0.941 bits per heavy atom. The number of rotatable bonds is 6. The second-order valence-electron chi connectivity index (χ2n) is 6.31. The monoisotopic (exact) mass is 266 g/mol. The lowest BCUT2D eigenvalue weighted by Crippen LogP contribution is -2.41. The third kappa shape index (κ3) is 5.66. The Morgan fingerprint density at radius 3 is 2.06 bits per heavy atom. The van der Waals surface area contributed by atoms with Gasteiger partial charge in [-0.15, -0.1) is 0 Å². The maximum Gasteiger partial charge on any atom is 0.183 e. The zero-order valence-electron chi connectivity index (χ0n) is 11.9. The molecule has 96 valence electrons. The van der Waals surface area contributed by atoms with Crippen molar-refractivity contribution in [2.24, 2.45) is 0 Å². The Kier molecular flexibility index (Phi) is 5.16. The first-order valence-electron chi connectivity index (χ1n) is 6.51. The molecule has 0 atom stereocenters. The van der Waals surface area contributed by atoms with Crippen LogP contribution < -0.4 is 5.19 Å². The molecule has 0 N–H and O–H groups in total. The summed E-state index contributed by atoms with van der Waals surface area (Å²) in [6, 6.07) is 12.3. The summed E-state index contributed by atoms with van der Waals surface area (Å²) in [5, 5.41) is 1.56. The molecule has 17 heavy (non-hydrogen) atoms. The summed E-state index contributed by atoms with van der Waals surface area (Å²) in [6.45, 7) is 12.6. The lowest BCUT2D eigenvalue weighted by molar-refractivity contribution is 0.311. The summed E-state index contributed by atoms with van der Waals surface area (Å²) in [7, 11) is -2.56. The van der Waals surface area contributed by atoms with Gasteiger partial charge >= 0.3 is 0 Å². The van der Waals surface area contributed by atoms with E-state index in [-0.39, 0.29) is 0 Å².